The van der Waals surface area contributed by atoms with E-state index in [9.17, 15) is 26.7 Å². The highest BCUT2D eigenvalue weighted by molar-refractivity contribution is 5.86. The summed E-state index contributed by atoms with van der Waals surface area (Å²) in [6, 6.07) is 0. The van der Waals surface area contributed by atoms with Crippen LogP contribution in [0.15, 0.2) is 12.4 Å². The van der Waals surface area contributed by atoms with Crippen molar-refractivity contribution >= 4 is 5.97 Å². The smallest absolute Gasteiger partial charge is 0.459 e. The molecule has 1 rings (SSSR count). The maximum Gasteiger partial charge on any atom is 0.459 e. The van der Waals surface area contributed by atoms with Gasteiger partial charge < -0.3 is 5.11 Å². The number of halogens is 5. The predicted molar refractivity (Wildman–Crippen MR) is 38.9 cm³/mol. The molecule has 0 spiro atoms. The topological polar surface area (TPSA) is 63.1 Å². The molecule has 9 heteroatoms. The standard InChI is InChI=1S/C7H3F5N2O2/c8-6(9,7(10,11)12)4-3(5(15)16)13-1-2-14-4/h1-2H,(H,15,16). The van der Waals surface area contributed by atoms with Gasteiger partial charge in [0, 0.05) is 12.4 Å². The molecule has 0 aliphatic carbocycles. The molecule has 88 valence electrons. The summed E-state index contributed by atoms with van der Waals surface area (Å²) in [5, 5.41) is 8.39. The Kier molecular flexibility index (Phi) is 2.80. The molecule has 0 radical (unpaired) electrons. The number of aromatic carboxylic acids is 1. The van der Waals surface area contributed by atoms with Gasteiger partial charge in [0.15, 0.2) is 11.4 Å². The first-order chi connectivity index (χ1) is 7.18. The summed E-state index contributed by atoms with van der Waals surface area (Å²) in [6.07, 6.45) is -4.66. The molecule has 0 aromatic carbocycles. The molecular weight excluding hydrogens is 239 g/mol. The first-order valence-electron chi connectivity index (χ1n) is 3.67. The van der Waals surface area contributed by atoms with Gasteiger partial charge in [-0.05, 0) is 0 Å². The molecule has 0 aliphatic rings. The average Bonchev–Trinajstić information content (AvgIpc) is 2.16. The Morgan fingerprint density at radius 1 is 1.12 bits per heavy atom. The lowest BCUT2D eigenvalue weighted by Gasteiger charge is -2.19. The minimum atomic E-state index is -5.92. The Morgan fingerprint density at radius 2 is 1.62 bits per heavy atom. The van der Waals surface area contributed by atoms with Gasteiger partial charge in [-0.1, -0.05) is 0 Å². The van der Waals surface area contributed by atoms with Crippen molar-refractivity contribution < 1.29 is 31.9 Å². The summed E-state index contributed by atoms with van der Waals surface area (Å²) >= 11 is 0. The number of carboxylic acid groups (broad SMARTS) is 1. The zero-order chi connectivity index (χ0) is 12.6. The Labute approximate surface area is 84.7 Å². The molecule has 16 heavy (non-hydrogen) atoms. The van der Waals surface area contributed by atoms with Crippen molar-refractivity contribution in [3.63, 3.8) is 0 Å². The third-order valence-electron chi connectivity index (χ3n) is 1.55. The number of hydrogen-bond donors (Lipinski definition) is 1. The number of aromatic nitrogens is 2. The highest BCUT2D eigenvalue weighted by atomic mass is 19.4. The minimum absolute atomic E-state index is 0.557. The molecule has 1 aromatic rings. The second-order valence-corrected chi connectivity index (χ2v) is 2.63. The molecule has 1 aromatic heterocycles. The monoisotopic (exact) mass is 242 g/mol. The molecule has 4 nitrogen and oxygen atoms in total. The Balaban J connectivity index is 3.39. The largest absolute Gasteiger partial charge is 0.476 e. The predicted octanol–water partition coefficient (Wildman–Crippen LogP) is 1.83. The van der Waals surface area contributed by atoms with Gasteiger partial charge in [-0.15, -0.1) is 0 Å². The van der Waals surface area contributed by atoms with Crippen molar-refractivity contribution in [2.24, 2.45) is 0 Å². The van der Waals surface area contributed by atoms with Gasteiger partial charge >= 0.3 is 18.1 Å². The maximum absolute atomic E-state index is 12.8. The van der Waals surface area contributed by atoms with Crippen molar-refractivity contribution in [1.29, 1.82) is 0 Å². The molecule has 0 unspecified atom stereocenters. The van der Waals surface area contributed by atoms with Gasteiger partial charge in [0.05, 0.1) is 0 Å². The van der Waals surface area contributed by atoms with Crippen molar-refractivity contribution in [3.8, 4) is 0 Å². The Bertz CT molecular complexity index is 417. The van der Waals surface area contributed by atoms with Crippen LogP contribution in [0.5, 0.6) is 0 Å². The Morgan fingerprint density at radius 3 is 2.06 bits per heavy atom. The van der Waals surface area contributed by atoms with Crippen LogP contribution in [0.2, 0.25) is 0 Å². The van der Waals surface area contributed by atoms with Crippen LogP contribution < -0.4 is 0 Å². The molecule has 1 heterocycles. The van der Waals surface area contributed by atoms with Crippen LogP contribution in [0, 0.1) is 0 Å². The van der Waals surface area contributed by atoms with E-state index in [0.717, 1.165) is 0 Å². The normalized spacial score (nSPS) is 12.6. The second-order valence-electron chi connectivity index (χ2n) is 2.63. The SMILES string of the molecule is O=C(O)c1nccnc1C(F)(F)C(F)(F)F. The summed E-state index contributed by atoms with van der Waals surface area (Å²) in [4.78, 5) is 16.0. The highest BCUT2D eigenvalue weighted by Crippen LogP contribution is 2.43. The number of carboxylic acids is 1. The molecule has 1 N–H and O–H groups in total. The van der Waals surface area contributed by atoms with E-state index in [1.807, 2.05) is 0 Å². The molecule has 0 bridgehead atoms. The average molecular weight is 242 g/mol. The van der Waals surface area contributed by atoms with Crippen molar-refractivity contribution in [2.45, 2.75) is 12.1 Å². The first-order valence-corrected chi connectivity index (χ1v) is 3.67. The van der Waals surface area contributed by atoms with E-state index < -0.39 is 29.5 Å². The van der Waals surface area contributed by atoms with Crippen LogP contribution in [0.25, 0.3) is 0 Å². The summed E-state index contributed by atoms with van der Waals surface area (Å²) < 4.78 is 61.4. The van der Waals surface area contributed by atoms with Gasteiger partial charge in [0.2, 0.25) is 0 Å². The van der Waals surface area contributed by atoms with Gasteiger partial charge in [0.1, 0.15) is 0 Å². The summed E-state index contributed by atoms with van der Waals surface area (Å²) in [5.74, 6) is -7.36. The number of rotatable bonds is 2. The molecule has 0 saturated carbocycles. The molecule has 0 saturated heterocycles. The third kappa shape index (κ3) is 1.92. The van der Waals surface area contributed by atoms with E-state index in [4.69, 9.17) is 5.11 Å². The number of carbonyl (C=O) groups is 1. The van der Waals surface area contributed by atoms with E-state index in [2.05, 4.69) is 9.97 Å². The van der Waals surface area contributed by atoms with Crippen molar-refractivity contribution in [3.05, 3.63) is 23.8 Å². The fourth-order valence-electron chi connectivity index (χ4n) is 0.859. The van der Waals surface area contributed by atoms with Crippen LogP contribution in [-0.2, 0) is 5.92 Å². The number of alkyl halides is 5. The third-order valence-corrected chi connectivity index (χ3v) is 1.55. The van der Waals surface area contributed by atoms with E-state index in [1.165, 1.54) is 0 Å². The highest BCUT2D eigenvalue weighted by Gasteiger charge is 2.61. The second kappa shape index (κ2) is 3.65. The zero-order valence-corrected chi connectivity index (χ0v) is 7.29. The zero-order valence-electron chi connectivity index (χ0n) is 7.29. The van der Waals surface area contributed by atoms with Crippen LogP contribution in [0.3, 0.4) is 0 Å². The fourth-order valence-corrected chi connectivity index (χ4v) is 0.859. The molecule has 0 aliphatic heterocycles. The van der Waals surface area contributed by atoms with Gasteiger partial charge in [0.25, 0.3) is 0 Å². The van der Waals surface area contributed by atoms with Crippen molar-refractivity contribution in [2.75, 3.05) is 0 Å². The van der Waals surface area contributed by atoms with E-state index in [-0.39, 0.29) is 0 Å². The summed E-state index contributed by atoms with van der Waals surface area (Å²) in [6.45, 7) is 0. The summed E-state index contributed by atoms with van der Waals surface area (Å²) in [7, 11) is 0. The fraction of sp³-hybridized carbons (Fsp3) is 0.286. The van der Waals surface area contributed by atoms with Crippen LogP contribution in [0.1, 0.15) is 16.2 Å². The first kappa shape index (κ1) is 12.3. The van der Waals surface area contributed by atoms with Gasteiger partial charge in [-0.3, -0.25) is 4.98 Å². The maximum atomic E-state index is 12.8. The quantitative estimate of drug-likeness (QED) is 0.803. The summed E-state index contributed by atoms with van der Waals surface area (Å²) in [5.41, 5.74) is -3.35. The van der Waals surface area contributed by atoms with E-state index >= 15 is 0 Å². The number of nitrogens with zero attached hydrogens (tertiary/aromatic N) is 2. The van der Waals surface area contributed by atoms with Crippen LogP contribution >= 0.6 is 0 Å². The lowest BCUT2D eigenvalue weighted by atomic mass is 10.1. The van der Waals surface area contributed by atoms with Crippen molar-refractivity contribution in [1.82, 2.24) is 9.97 Å². The van der Waals surface area contributed by atoms with Crippen LogP contribution in [-0.4, -0.2) is 27.2 Å². The molecule has 0 amide bonds. The van der Waals surface area contributed by atoms with E-state index in [0.29, 0.717) is 12.4 Å². The lowest BCUT2D eigenvalue weighted by Crippen LogP contribution is -2.36. The van der Waals surface area contributed by atoms with Gasteiger partial charge in [-0.25, -0.2) is 9.78 Å². The molecule has 0 atom stereocenters. The Hall–Kier alpha value is -1.80. The number of hydrogen-bond acceptors (Lipinski definition) is 3. The van der Waals surface area contributed by atoms with Gasteiger partial charge in [-0.2, -0.15) is 22.0 Å². The lowest BCUT2D eigenvalue weighted by molar-refractivity contribution is -0.291. The molecular formula is C7H3F5N2O2. The van der Waals surface area contributed by atoms with E-state index in [1.54, 1.807) is 0 Å². The molecule has 0 fully saturated rings. The minimum Gasteiger partial charge on any atom is -0.476 e. The van der Waals surface area contributed by atoms with Crippen LogP contribution in [0.4, 0.5) is 22.0 Å².